The molecule has 0 bridgehead atoms. The smallest absolute Gasteiger partial charge is 0.182 e. The summed E-state index contributed by atoms with van der Waals surface area (Å²) in [5.41, 5.74) is 2.75. The molecule has 4 heteroatoms. The Morgan fingerprint density at radius 1 is 1.18 bits per heavy atom. The summed E-state index contributed by atoms with van der Waals surface area (Å²) in [5, 5.41) is 10.6. The van der Waals surface area contributed by atoms with E-state index < -0.39 is 0 Å². The molecule has 1 N–H and O–H groups in total. The first-order valence-electron chi connectivity index (χ1n) is 5.09. The summed E-state index contributed by atoms with van der Waals surface area (Å²) < 4.78 is 0. The fourth-order valence-electron chi connectivity index (χ4n) is 1.39. The lowest BCUT2D eigenvalue weighted by Crippen LogP contribution is -1.98. The summed E-state index contributed by atoms with van der Waals surface area (Å²) >= 11 is 0. The molecule has 1 heterocycles. The summed E-state index contributed by atoms with van der Waals surface area (Å²) in [4.78, 5) is 8.31. The molecule has 0 aliphatic carbocycles. The van der Waals surface area contributed by atoms with Crippen LogP contribution in [0.15, 0.2) is 53.7 Å². The zero-order valence-electron chi connectivity index (χ0n) is 9.04. The van der Waals surface area contributed by atoms with Crippen LogP contribution in [0.25, 0.3) is 11.3 Å². The van der Waals surface area contributed by atoms with Gasteiger partial charge in [0.25, 0.3) is 0 Å². The molecule has 4 nitrogen and oxygen atoms in total. The second kappa shape index (κ2) is 5.42. The lowest BCUT2D eigenvalue weighted by Gasteiger charge is -2.00. The van der Waals surface area contributed by atoms with Crippen molar-refractivity contribution in [1.29, 1.82) is 5.26 Å². The van der Waals surface area contributed by atoms with Crippen LogP contribution in [0.4, 0.5) is 5.69 Å². The number of nitriles is 1. The predicted molar refractivity (Wildman–Crippen MR) is 66.6 cm³/mol. The summed E-state index contributed by atoms with van der Waals surface area (Å²) in [6.07, 6.45) is 4.88. The van der Waals surface area contributed by atoms with Crippen LogP contribution >= 0.6 is 0 Å². The molecule has 0 aliphatic rings. The Kier molecular flexibility index (Phi) is 3.46. The molecule has 1 aromatic carbocycles. The number of aromatic nitrogens is 1. The number of aliphatic imine (C=N–C) groups is 1. The third-order valence-corrected chi connectivity index (χ3v) is 2.17. The Balaban J connectivity index is 2.17. The Bertz CT molecular complexity index is 538. The van der Waals surface area contributed by atoms with Gasteiger partial charge in [0.2, 0.25) is 0 Å². The SMILES string of the molecule is N#CNC=Nc1ccc(-c2ccccn2)cc1. The minimum absolute atomic E-state index is 0.785. The van der Waals surface area contributed by atoms with E-state index >= 15 is 0 Å². The van der Waals surface area contributed by atoms with Crippen molar-refractivity contribution in [2.45, 2.75) is 0 Å². The molecular weight excluding hydrogens is 212 g/mol. The van der Waals surface area contributed by atoms with Crippen LogP contribution in [-0.2, 0) is 0 Å². The van der Waals surface area contributed by atoms with Crippen LogP contribution in [-0.4, -0.2) is 11.3 Å². The Labute approximate surface area is 99.3 Å². The van der Waals surface area contributed by atoms with E-state index in [0.717, 1.165) is 16.9 Å². The maximum Gasteiger partial charge on any atom is 0.182 e. The van der Waals surface area contributed by atoms with Crippen molar-refractivity contribution < 1.29 is 0 Å². The highest BCUT2D eigenvalue weighted by molar-refractivity contribution is 5.65. The first-order chi connectivity index (χ1) is 8.40. The zero-order chi connectivity index (χ0) is 11.9. The van der Waals surface area contributed by atoms with Crippen LogP contribution < -0.4 is 5.32 Å². The number of benzene rings is 1. The highest BCUT2D eigenvalue weighted by Crippen LogP contribution is 2.20. The number of hydrogen-bond donors (Lipinski definition) is 1. The maximum atomic E-state index is 8.28. The molecule has 0 unspecified atom stereocenters. The molecule has 82 valence electrons. The van der Waals surface area contributed by atoms with Crippen molar-refractivity contribution in [2.24, 2.45) is 4.99 Å². The number of nitrogens with zero attached hydrogens (tertiary/aromatic N) is 3. The second-order valence-corrected chi connectivity index (χ2v) is 3.28. The Morgan fingerprint density at radius 2 is 2.00 bits per heavy atom. The van der Waals surface area contributed by atoms with Crippen LogP contribution in [0.2, 0.25) is 0 Å². The van der Waals surface area contributed by atoms with Gasteiger partial charge in [-0.25, -0.2) is 4.99 Å². The number of pyridine rings is 1. The van der Waals surface area contributed by atoms with Gasteiger partial charge in [-0.3, -0.25) is 10.3 Å². The largest absolute Gasteiger partial charge is 0.283 e. The van der Waals surface area contributed by atoms with Crippen molar-refractivity contribution in [3.63, 3.8) is 0 Å². The van der Waals surface area contributed by atoms with Crippen molar-refractivity contribution >= 4 is 12.0 Å². The molecular formula is C13H10N4. The average molecular weight is 222 g/mol. The maximum absolute atomic E-state index is 8.28. The molecule has 0 saturated heterocycles. The first-order valence-corrected chi connectivity index (χ1v) is 5.09. The van der Waals surface area contributed by atoms with E-state index in [9.17, 15) is 0 Å². The predicted octanol–water partition coefficient (Wildman–Crippen LogP) is 2.48. The summed E-state index contributed by atoms with van der Waals surface area (Å²) in [6, 6.07) is 13.4. The summed E-state index contributed by atoms with van der Waals surface area (Å²) in [7, 11) is 0. The van der Waals surface area contributed by atoms with E-state index in [1.807, 2.05) is 42.5 Å². The van der Waals surface area contributed by atoms with Crippen molar-refractivity contribution in [3.8, 4) is 17.5 Å². The van der Waals surface area contributed by atoms with Gasteiger partial charge in [-0.2, -0.15) is 5.26 Å². The molecule has 17 heavy (non-hydrogen) atoms. The van der Waals surface area contributed by atoms with Gasteiger partial charge in [0.15, 0.2) is 6.19 Å². The van der Waals surface area contributed by atoms with Crippen molar-refractivity contribution in [3.05, 3.63) is 48.7 Å². The zero-order valence-corrected chi connectivity index (χ0v) is 9.04. The normalized spacial score (nSPS) is 10.1. The minimum atomic E-state index is 0.785. The van der Waals surface area contributed by atoms with Gasteiger partial charge >= 0.3 is 0 Å². The summed E-state index contributed by atoms with van der Waals surface area (Å²) in [6.45, 7) is 0. The first kappa shape index (κ1) is 10.8. The second-order valence-electron chi connectivity index (χ2n) is 3.28. The summed E-state index contributed by atoms with van der Waals surface area (Å²) in [5.74, 6) is 0. The molecule has 2 aromatic rings. The fourth-order valence-corrected chi connectivity index (χ4v) is 1.39. The van der Waals surface area contributed by atoms with E-state index in [1.54, 1.807) is 12.4 Å². The molecule has 0 spiro atoms. The number of nitrogens with one attached hydrogen (secondary N) is 1. The van der Waals surface area contributed by atoms with Crippen LogP contribution in [0, 0.1) is 11.5 Å². The molecule has 0 radical (unpaired) electrons. The number of hydrogen-bond acceptors (Lipinski definition) is 3. The molecule has 0 fully saturated rings. The molecule has 0 saturated carbocycles. The van der Waals surface area contributed by atoms with Crippen LogP contribution in [0.1, 0.15) is 0 Å². The van der Waals surface area contributed by atoms with Gasteiger partial charge in [0.1, 0.15) is 6.34 Å². The van der Waals surface area contributed by atoms with Gasteiger partial charge in [-0.05, 0) is 24.3 Å². The molecule has 0 aliphatic heterocycles. The highest BCUT2D eigenvalue weighted by Gasteiger charge is 1.97. The molecule has 0 atom stereocenters. The molecule has 2 rings (SSSR count). The quantitative estimate of drug-likeness (QED) is 0.375. The van der Waals surface area contributed by atoms with Crippen LogP contribution in [0.5, 0.6) is 0 Å². The van der Waals surface area contributed by atoms with Gasteiger partial charge in [0, 0.05) is 11.8 Å². The van der Waals surface area contributed by atoms with E-state index in [-0.39, 0.29) is 0 Å². The van der Waals surface area contributed by atoms with E-state index in [4.69, 9.17) is 5.26 Å². The Morgan fingerprint density at radius 3 is 2.65 bits per heavy atom. The van der Waals surface area contributed by atoms with E-state index in [2.05, 4.69) is 15.3 Å². The van der Waals surface area contributed by atoms with E-state index in [0.29, 0.717) is 0 Å². The third kappa shape index (κ3) is 2.89. The molecule has 1 aromatic heterocycles. The average Bonchev–Trinajstić information content (AvgIpc) is 2.41. The fraction of sp³-hybridized carbons (Fsp3) is 0. The van der Waals surface area contributed by atoms with Gasteiger partial charge in [0.05, 0.1) is 11.4 Å². The highest BCUT2D eigenvalue weighted by atomic mass is 14.9. The van der Waals surface area contributed by atoms with E-state index in [1.165, 1.54) is 6.34 Å². The minimum Gasteiger partial charge on any atom is -0.283 e. The van der Waals surface area contributed by atoms with Crippen molar-refractivity contribution in [2.75, 3.05) is 0 Å². The van der Waals surface area contributed by atoms with Crippen LogP contribution in [0.3, 0.4) is 0 Å². The number of rotatable bonds is 3. The topological polar surface area (TPSA) is 61.1 Å². The van der Waals surface area contributed by atoms with Crippen molar-refractivity contribution in [1.82, 2.24) is 10.3 Å². The Hall–Kier alpha value is -2.67. The third-order valence-electron chi connectivity index (χ3n) is 2.17. The monoisotopic (exact) mass is 222 g/mol. The van der Waals surface area contributed by atoms with Gasteiger partial charge in [-0.15, -0.1) is 0 Å². The standard InChI is InChI=1S/C13H10N4/c14-9-15-10-17-12-6-4-11(5-7-12)13-3-1-2-8-16-13/h1-8,10H,(H,15,17). The van der Waals surface area contributed by atoms with Gasteiger partial charge < -0.3 is 0 Å². The lowest BCUT2D eigenvalue weighted by atomic mass is 10.1. The lowest BCUT2D eigenvalue weighted by molar-refractivity contribution is 1.29. The van der Waals surface area contributed by atoms with Gasteiger partial charge in [-0.1, -0.05) is 18.2 Å². The molecule has 0 amide bonds.